The van der Waals surface area contributed by atoms with E-state index in [0.29, 0.717) is 41.2 Å². The molecule has 2 aromatic heterocycles. The van der Waals surface area contributed by atoms with E-state index in [1.165, 1.54) is 18.5 Å². The number of benzene rings is 2. The summed E-state index contributed by atoms with van der Waals surface area (Å²) in [6.45, 7) is 0.305. The van der Waals surface area contributed by atoms with E-state index in [4.69, 9.17) is 0 Å². The summed E-state index contributed by atoms with van der Waals surface area (Å²) in [6.07, 6.45) is 4.10. The highest BCUT2D eigenvalue weighted by molar-refractivity contribution is 5.98. The Kier molecular flexibility index (Phi) is 7.06. The van der Waals surface area contributed by atoms with Gasteiger partial charge in [0.15, 0.2) is 17.5 Å². The van der Waals surface area contributed by atoms with E-state index in [1.807, 2.05) is 4.90 Å². The predicted molar refractivity (Wildman–Crippen MR) is 132 cm³/mol. The minimum Gasteiger partial charge on any atom is -0.387 e. The van der Waals surface area contributed by atoms with Gasteiger partial charge >= 0.3 is 0 Å². The maximum absolute atomic E-state index is 14.8. The second kappa shape index (κ2) is 10.6. The number of carbonyl (C=O) groups excluding carboxylic acids is 1. The topological polar surface area (TPSA) is 78.3 Å². The number of hydrogen-bond donors (Lipinski definition) is 2. The summed E-state index contributed by atoms with van der Waals surface area (Å²) in [6, 6.07) is 11.4. The standard InChI is InChI=1S/C28H22F4N4O2/c29-20-3-4-23-19(26(20)28(38)35-15-24(37)18-2-1-7-33-14-18)6-9-36(23)25-13-16(5-8-34-25)10-17-11-21(30)27(32)22(31)12-17/h1-5,7-8,11-14,24,37H,6,9-10,15H2,(H,35,38). The molecule has 1 atom stereocenters. The van der Waals surface area contributed by atoms with E-state index in [9.17, 15) is 27.5 Å². The van der Waals surface area contributed by atoms with Gasteiger partial charge in [-0.3, -0.25) is 9.78 Å². The largest absolute Gasteiger partial charge is 0.387 e. The molecule has 1 aliphatic heterocycles. The highest BCUT2D eigenvalue weighted by Crippen LogP contribution is 2.37. The monoisotopic (exact) mass is 522 g/mol. The lowest BCUT2D eigenvalue weighted by Gasteiger charge is -2.20. The Morgan fingerprint density at radius 2 is 1.79 bits per heavy atom. The number of pyridine rings is 2. The lowest BCUT2D eigenvalue weighted by molar-refractivity contribution is 0.0911. The minimum atomic E-state index is -1.52. The molecule has 0 spiro atoms. The second-order valence-corrected chi connectivity index (χ2v) is 8.91. The van der Waals surface area contributed by atoms with Crippen LogP contribution in [0.1, 0.15) is 38.7 Å². The van der Waals surface area contributed by atoms with Gasteiger partial charge in [0.25, 0.3) is 5.91 Å². The van der Waals surface area contributed by atoms with Crippen molar-refractivity contribution in [3.05, 3.63) is 118 Å². The lowest BCUT2D eigenvalue weighted by atomic mass is 10.0. The van der Waals surface area contributed by atoms with Gasteiger partial charge in [-0.2, -0.15) is 0 Å². The highest BCUT2D eigenvalue weighted by Gasteiger charge is 2.29. The molecule has 1 unspecified atom stereocenters. The number of hydrogen-bond acceptors (Lipinski definition) is 5. The van der Waals surface area contributed by atoms with Gasteiger partial charge in [-0.15, -0.1) is 0 Å². The average Bonchev–Trinajstić information content (AvgIpc) is 3.34. The minimum absolute atomic E-state index is 0.100. The third-order valence-electron chi connectivity index (χ3n) is 6.40. The van der Waals surface area contributed by atoms with Crippen molar-refractivity contribution in [3.63, 3.8) is 0 Å². The van der Waals surface area contributed by atoms with E-state index in [0.717, 1.165) is 12.1 Å². The molecule has 6 nitrogen and oxygen atoms in total. The molecule has 0 radical (unpaired) electrons. The second-order valence-electron chi connectivity index (χ2n) is 8.91. The Labute approximate surface area is 215 Å². The zero-order valence-electron chi connectivity index (χ0n) is 20.0. The molecule has 1 amide bonds. The summed E-state index contributed by atoms with van der Waals surface area (Å²) in [5.41, 5.74) is 2.47. The van der Waals surface area contributed by atoms with Crippen LogP contribution in [0.5, 0.6) is 0 Å². The summed E-state index contributed by atoms with van der Waals surface area (Å²) in [7, 11) is 0. The van der Waals surface area contributed by atoms with Gasteiger partial charge in [-0.05, 0) is 72.0 Å². The highest BCUT2D eigenvalue weighted by atomic mass is 19.2. The van der Waals surface area contributed by atoms with E-state index in [2.05, 4.69) is 15.3 Å². The van der Waals surface area contributed by atoms with Gasteiger partial charge in [0.05, 0.1) is 11.7 Å². The number of nitrogens with zero attached hydrogens (tertiary/aromatic N) is 3. The molecular formula is C28H22F4N4O2. The Hall–Kier alpha value is -4.31. The molecule has 0 bridgehead atoms. The number of rotatable bonds is 7. The molecule has 1 aliphatic rings. The molecule has 0 saturated carbocycles. The smallest absolute Gasteiger partial charge is 0.254 e. The van der Waals surface area contributed by atoms with Crippen LogP contribution in [0.25, 0.3) is 0 Å². The Morgan fingerprint density at radius 1 is 1.00 bits per heavy atom. The van der Waals surface area contributed by atoms with Crippen LogP contribution in [-0.2, 0) is 12.8 Å². The number of nitrogens with one attached hydrogen (secondary N) is 1. The van der Waals surface area contributed by atoms with Crippen molar-refractivity contribution in [1.82, 2.24) is 15.3 Å². The molecule has 3 heterocycles. The van der Waals surface area contributed by atoms with E-state index >= 15 is 0 Å². The Bertz CT molecular complexity index is 1480. The quantitative estimate of drug-likeness (QED) is 0.270. The first-order valence-corrected chi connectivity index (χ1v) is 11.8. The third-order valence-corrected chi connectivity index (χ3v) is 6.40. The summed E-state index contributed by atoms with van der Waals surface area (Å²) in [5.74, 6) is -4.86. The van der Waals surface area contributed by atoms with Crippen LogP contribution in [0.4, 0.5) is 29.1 Å². The van der Waals surface area contributed by atoms with E-state index < -0.39 is 35.3 Å². The average molecular weight is 523 g/mol. The van der Waals surface area contributed by atoms with Crippen molar-refractivity contribution >= 4 is 17.4 Å². The van der Waals surface area contributed by atoms with Crippen LogP contribution in [0.15, 0.2) is 67.1 Å². The summed E-state index contributed by atoms with van der Waals surface area (Å²) >= 11 is 0. The van der Waals surface area contributed by atoms with Gasteiger partial charge in [-0.25, -0.2) is 22.5 Å². The Morgan fingerprint density at radius 3 is 2.53 bits per heavy atom. The van der Waals surface area contributed by atoms with Crippen LogP contribution < -0.4 is 10.2 Å². The summed E-state index contributed by atoms with van der Waals surface area (Å²) < 4.78 is 55.4. The van der Waals surface area contributed by atoms with Crippen molar-refractivity contribution in [2.75, 3.05) is 18.0 Å². The first kappa shape index (κ1) is 25.3. The Balaban J connectivity index is 1.36. The van der Waals surface area contributed by atoms with Crippen molar-refractivity contribution < 1.29 is 27.5 Å². The molecular weight excluding hydrogens is 500 g/mol. The van der Waals surface area contributed by atoms with Gasteiger partial charge in [0.2, 0.25) is 0 Å². The van der Waals surface area contributed by atoms with Crippen molar-refractivity contribution in [3.8, 4) is 0 Å². The zero-order valence-corrected chi connectivity index (χ0v) is 20.0. The molecule has 0 saturated heterocycles. The van der Waals surface area contributed by atoms with Crippen LogP contribution in [0.3, 0.4) is 0 Å². The molecule has 0 aliphatic carbocycles. The molecule has 38 heavy (non-hydrogen) atoms. The number of fused-ring (bicyclic) bond motifs is 1. The number of aliphatic hydroxyl groups is 1. The van der Waals surface area contributed by atoms with Crippen LogP contribution in [0.2, 0.25) is 0 Å². The van der Waals surface area contributed by atoms with E-state index in [-0.39, 0.29) is 24.1 Å². The normalized spacial score (nSPS) is 13.3. The number of carbonyl (C=O) groups is 1. The van der Waals surface area contributed by atoms with Crippen molar-refractivity contribution in [2.24, 2.45) is 0 Å². The van der Waals surface area contributed by atoms with Crippen LogP contribution in [0, 0.1) is 23.3 Å². The fourth-order valence-corrected chi connectivity index (χ4v) is 4.57. The van der Waals surface area contributed by atoms with Crippen LogP contribution >= 0.6 is 0 Å². The molecule has 0 fully saturated rings. The fourth-order valence-electron chi connectivity index (χ4n) is 4.57. The first-order valence-electron chi connectivity index (χ1n) is 11.8. The summed E-state index contributed by atoms with van der Waals surface area (Å²) in [4.78, 5) is 23.1. The third kappa shape index (κ3) is 5.08. The molecule has 10 heteroatoms. The lowest BCUT2D eigenvalue weighted by Crippen LogP contribution is -2.30. The number of amides is 1. The molecule has 5 rings (SSSR count). The molecule has 2 aromatic carbocycles. The maximum atomic E-state index is 14.8. The van der Waals surface area contributed by atoms with Crippen LogP contribution in [-0.4, -0.2) is 34.1 Å². The molecule has 4 aromatic rings. The van der Waals surface area contributed by atoms with E-state index in [1.54, 1.807) is 36.5 Å². The van der Waals surface area contributed by atoms with Crippen molar-refractivity contribution in [1.29, 1.82) is 0 Å². The van der Waals surface area contributed by atoms with Gasteiger partial charge in [0.1, 0.15) is 11.6 Å². The van der Waals surface area contributed by atoms with Gasteiger partial charge in [0, 0.05) is 42.9 Å². The number of aliphatic hydroxyl groups excluding tert-OH is 1. The number of aromatic nitrogens is 2. The zero-order chi connectivity index (χ0) is 26.8. The number of anilines is 2. The number of halogens is 4. The molecule has 2 N–H and O–H groups in total. The van der Waals surface area contributed by atoms with Gasteiger partial charge in [-0.1, -0.05) is 6.07 Å². The molecule has 194 valence electrons. The summed E-state index contributed by atoms with van der Waals surface area (Å²) in [5, 5.41) is 12.9. The predicted octanol–water partition coefficient (Wildman–Crippen LogP) is 4.78. The fraction of sp³-hybridized carbons (Fsp3) is 0.179. The first-order chi connectivity index (χ1) is 18.3. The van der Waals surface area contributed by atoms with Gasteiger partial charge < -0.3 is 15.3 Å². The van der Waals surface area contributed by atoms with Crippen molar-refractivity contribution in [2.45, 2.75) is 18.9 Å². The SMILES string of the molecule is O=C(NCC(O)c1cccnc1)c1c(F)ccc2c1CCN2c1cc(Cc2cc(F)c(F)c(F)c2)ccn1. The maximum Gasteiger partial charge on any atom is 0.254 e.